The number of fused-ring (bicyclic) bond motifs is 1. The van der Waals surface area contributed by atoms with E-state index in [-0.39, 0.29) is 25.4 Å². The summed E-state index contributed by atoms with van der Waals surface area (Å²) in [7, 11) is 0. The molecule has 2 heterocycles. The summed E-state index contributed by atoms with van der Waals surface area (Å²) in [5.74, 6) is 0.198. The quantitative estimate of drug-likeness (QED) is 0.769. The van der Waals surface area contributed by atoms with E-state index in [2.05, 4.69) is 5.32 Å². The summed E-state index contributed by atoms with van der Waals surface area (Å²) in [6.45, 7) is 1.66. The van der Waals surface area contributed by atoms with Gasteiger partial charge in [0.2, 0.25) is 6.79 Å². The van der Waals surface area contributed by atoms with Crippen molar-refractivity contribution in [3.8, 4) is 11.5 Å². The highest BCUT2D eigenvalue weighted by Gasteiger charge is 2.19. The van der Waals surface area contributed by atoms with Gasteiger partial charge in [0.15, 0.2) is 17.6 Å². The topological polar surface area (TPSA) is 95.9 Å². The minimum Gasteiger partial charge on any atom is -0.454 e. The molecule has 0 saturated heterocycles. The van der Waals surface area contributed by atoms with Gasteiger partial charge in [0.1, 0.15) is 6.54 Å². The fourth-order valence-corrected chi connectivity index (χ4v) is 2.40. The molecule has 0 unspecified atom stereocenters. The fraction of sp³-hybridized carbons (Fsp3) is 0.278. The SMILES string of the molecule is C[C@@H](OC(=O)Cn1ccccc1=O)C(=O)NCc1ccc2c(c1)OCO2. The highest BCUT2D eigenvalue weighted by molar-refractivity contribution is 5.83. The molecular weight excluding hydrogens is 340 g/mol. The Kier molecular flexibility index (Phi) is 5.21. The predicted molar refractivity (Wildman–Crippen MR) is 90.7 cm³/mol. The maximum Gasteiger partial charge on any atom is 0.326 e. The first kappa shape index (κ1) is 17.5. The maximum atomic E-state index is 12.1. The normalized spacial score (nSPS) is 13.1. The zero-order valence-electron chi connectivity index (χ0n) is 14.1. The number of pyridine rings is 1. The van der Waals surface area contributed by atoms with Crippen LogP contribution in [0, 0.1) is 0 Å². The van der Waals surface area contributed by atoms with Crippen molar-refractivity contribution in [3.63, 3.8) is 0 Å². The Bertz CT molecular complexity index is 876. The van der Waals surface area contributed by atoms with Crippen molar-refractivity contribution in [2.75, 3.05) is 6.79 Å². The predicted octanol–water partition coefficient (Wildman–Crippen LogP) is 0.825. The average Bonchev–Trinajstić information content (AvgIpc) is 3.09. The van der Waals surface area contributed by atoms with Gasteiger partial charge in [-0.05, 0) is 30.7 Å². The molecule has 1 aliphatic rings. The zero-order chi connectivity index (χ0) is 18.5. The highest BCUT2D eigenvalue weighted by atomic mass is 16.7. The van der Waals surface area contributed by atoms with Gasteiger partial charge in [0.25, 0.3) is 11.5 Å². The smallest absolute Gasteiger partial charge is 0.326 e. The Labute approximate surface area is 149 Å². The molecular formula is C18H18N2O6. The lowest BCUT2D eigenvalue weighted by Gasteiger charge is -2.14. The molecule has 1 N–H and O–H groups in total. The Morgan fingerprint density at radius 3 is 2.85 bits per heavy atom. The van der Waals surface area contributed by atoms with E-state index in [1.54, 1.807) is 24.3 Å². The molecule has 1 atom stereocenters. The third-order valence-electron chi connectivity index (χ3n) is 3.78. The number of ether oxygens (including phenoxy) is 3. The molecule has 8 nitrogen and oxygen atoms in total. The summed E-state index contributed by atoms with van der Waals surface area (Å²) < 4.78 is 16.8. The summed E-state index contributed by atoms with van der Waals surface area (Å²) in [5, 5.41) is 2.69. The van der Waals surface area contributed by atoms with Gasteiger partial charge in [0.05, 0.1) is 0 Å². The van der Waals surface area contributed by atoms with Crippen LogP contribution in [0.1, 0.15) is 12.5 Å². The van der Waals surface area contributed by atoms with Crippen LogP contribution in [0.2, 0.25) is 0 Å². The first-order valence-corrected chi connectivity index (χ1v) is 8.04. The Balaban J connectivity index is 1.49. The highest BCUT2D eigenvalue weighted by Crippen LogP contribution is 2.32. The van der Waals surface area contributed by atoms with Crippen LogP contribution in [-0.4, -0.2) is 29.3 Å². The second kappa shape index (κ2) is 7.73. The monoisotopic (exact) mass is 358 g/mol. The molecule has 1 amide bonds. The largest absolute Gasteiger partial charge is 0.454 e. The van der Waals surface area contributed by atoms with E-state index in [1.165, 1.54) is 23.8 Å². The van der Waals surface area contributed by atoms with Gasteiger partial charge in [-0.2, -0.15) is 0 Å². The van der Waals surface area contributed by atoms with Gasteiger partial charge in [0, 0.05) is 18.8 Å². The number of nitrogens with one attached hydrogen (secondary N) is 1. The Morgan fingerprint density at radius 2 is 2.04 bits per heavy atom. The lowest BCUT2D eigenvalue weighted by molar-refractivity contribution is -0.155. The molecule has 1 aromatic carbocycles. The number of amides is 1. The van der Waals surface area contributed by atoms with Crippen molar-refractivity contribution < 1.29 is 23.8 Å². The van der Waals surface area contributed by atoms with Crippen LogP contribution in [0.3, 0.4) is 0 Å². The molecule has 0 spiro atoms. The van der Waals surface area contributed by atoms with Gasteiger partial charge in [-0.3, -0.25) is 14.4 Å². The van der Waals surface area contributed by atoms with E-state index in [9.17, 15) is 14.4 Å². The minimum absolute atomic E-state index is 0.183. The van der Waals surface area contributed by atoms with Crippen LogP contribution in [0.25, 0.3) is 0 Å². The molecule has 0 bridgehead atoms. The summed E-state index contributed by atoms with van der Waals surface area (Å²) >= 11 is 0. The second-order valence-electron chi connectivity index (χ2n) is 5.70. The average molecular weight is 358 g/mol. The number of benzene rings is 1. The maximum absolute atomic E-state index is 12.1. The van der Waals surface area contributed by atoms with Crippen molar-refractivity contribution in [1.82, 2.24) is 9.88 Å². The number of hydrogen-bond donors (Lipinski definition) is 1. The van der Waals surface area contributed by atoms with Crippen LogP contribution >= 0.6 is 0 Å². The van der Waals surface area contributed by atoms with Gasteiger partial charge in [-0.1, -0.05) is 12.1 Å². The van der Waals surface area contributed by atoms with E-state index < -0.39 is 18.0 Å². The van der Waals surface area contributed by atoms with Crippen molar-refractivity contribution in [2.45, 2.75) is 26.1 Å². The standard InChI is InChI=1S/C18H18N2O6/c1-12(26-17(22)10-20-7-3-2-4-16(20)21)18(23)19-9-13-5-6-14-15(8-13)25-11-24-14/h2-8,12H,9-11H2,1H3,(H,19,23)/t12-/m1/s1. The molecule has 0 saturated carbocycles. The minimum atomic E-state index is -0.976. The summed E-state index contributed by atoms with van der Waals surface area (Å²) in [5.41, 5.74) is 0.515. The van der Waals surface area contributed by atoms with Crippen molar-refractivity contribution in [2.24, 2.45) is 0 Å². The number of carbonyl (C=O) groups is 2. The summed E-state index contributed by atoms with van der Waals surface area (Å²) in [6.07, 6.45) is 0.504. The molecule has 26 heavy (non-hydrogen) atoms. The Morgan fingerprint density at radius 1 is 1.23 bits per heavy atom. The van der Waals surface area contributed by atoms with Gasteiger partial charge in [-0.15, -0.1) is 0 Å². The van der Waals surface area contributed by atoms with Crippen LogP contribution in [-0.2, 0) is 27.4 Å². The van der Waals surface area contributed by atoms with E-state index in [4.69, 9.17) is 14.2 Å². The van der Waals surface area contributed by atoms with E-state index in [0.29, 0.717) is 11.5 Å². The molecule has 0 fully saturated rings. The number of nitrogens with zero attached hydrogens (tertiary/aromatic N) is 1. The molecule has 2 aromatic rings. The zero-order valence-corrected chi connectivity index (χ0v) is 14.1. The molecule has 0 radical (unpaired) electrons. The van der Waals surface area contributed by atoms with Crippen molar-refractivity contribution in [1.29, 1.82) is 0 Å². The number of carbonyl (C=O) groups excluding carboxylic acids is 2. The van der Waals surface area contributed by atoms with Gasteiger partial charge >= 0.3 is 5.97 Å². The van der Waals surface area contributed by atoms with E-state index >= 15 is 0 Å². The van der Waals surface area contributed by atoms with Crippen LogP contribution in [0.4, 0.5) is 0 Å². The molecule has 0 aliphatic carbocycles. The fourth-order valence-electron chi connectivity index (χ4n) is 2.40. The second-order valence-corrected chi connectivity index (χ2v) is 5.70. The van der Waals surface area contributed by atoms with Crippen molar-refractivity contribution in [3.05, 3.63) is 58.5 Å². The van der Waals surface area contributed by atoms with Crippen LogP contribution in [0.5, 0.6) is 11.5 Å². The third-order valence-corrected chi connectivity index (χ3v) is 3.78. The number of aromatic nitrogens is 1. The summed E-state index contributed by atoms with van der Waals surface area (Å²) in [4.78, 5) is 35.6. The first-order chi connectivity index (χ1) is 12.5. The van der Waals surface area contributed by atoms with Gasteiger partial charge in [-0.25, -0.2) is 0 Å². The number of hydrogen-bond acceptors (Lipinski definition) is 6. The lowest BCUT2D eigenvalue weighted by atomic mass is 10.2. The third kappa shape index (κ3) is 4.21. The number of rotatable bonds is 6. The van der Waals surface area contributed by atoms with Gasteiger partial charge < -0.3 is 24.1 Å². The molecule has 3 rings (SSSR count). The molecule has 8 heteroatoms. The molecule has 1 aliphatic heterocycles. The first-order valence-electron chi connectivity index (χ1n) is 8.04. The van der Waals surface area contributed by atoms with E-state index in [1.807, 2.05) is 6.07 Å². The van der Waals surface area contributed by atoms with Crippen molar-refractivity contribution >= 4 is 11.9 Å². The number of esters is 1. The van der Waals surface area contributed by atoms with Crippen LogP contribution in [0.15, 0.2) is 47.4 Å². The lowest BCUT2D eigenvalue weighted by Crippen LogP contribution is -2.36. The van der Waals surface area contributed by atoms with E-state index in [0.717, 1.165) is 5.56 Å². The van der Waals surface area contributed by atoms with Crippen LogP contribution < -0.4 is 20.3 Å². The summed E-state index contributed by atoms with van der Waals surface area (Å²) in [6, 6.07) is 9.92. The molecule has 1 aromatic heterocycles. The molecule has 136 valence electrons. The Hall–Kier alpha value is -3.29.